The summed E-state index contributed by atoms with van der Waals surface area (Å²) in [5, 5.41) is 7.72. The summed E-state index contributed by atoms with van der Waals surface area (Å²) < 4.78 is 0. The van der Waals surface area contributed by atoms with E-state index >= 15 is 0 Å². The molecule has 0 amide bonds. The molecule has 0 saturated carbocycles. The standard InChI is InChI=1S/C17H13NO3/c18-11-17(12-21,14-6-2-1-3-7-14)16-8-4-5-13(9-19)15(16)10-20/h1-12,18H. The highest BCUT2D eigenvalue weighted by Gasteiger charge is 2.34. The van der Waals surface area contributed by atoms with Crippen LogP contribution in [-0.4, -0.2) is 25.1 Å². The molecule has 0 heterocycles. The summed E-state index contributed by atoms with van der Waals surface area (Å²) in [4.78, 5) is 34.2. The topological polar surface area (TPSA) is 75.1 Å². The van der Waals surface area contributed by atoms with E-state index in [4.69, 9.17) is 5.41 Å². The average Bonchev–Trinajstić information content (AvgIpc) is 2.57. The van der Waals surface area contributed by atoms with E-state index in [9.17, 15) is 14.4 Å². The third-order valence-electron chi connectivity index (χ3n) is 3.50. The third kappa shape index (κ3) is 2.31. The van der Waals surface area contributed by atoms with Crippen LogP contribution in [0.5, 0.6) is 0 Å². The molecule has 0 saturated heterocycles. The Labute approximate surface area is 121 Å². The molecule has 0 spiro atoms. The lowest BCUT2D eigenvalue weighted by atomic mass is 9.74. The summed E-state index contributed by atoms with van der Waals surface area (Å²) in [6, 6.07) is 13.4. The molecule has 1 N–H and O–H groups in total. The van der Waals surface area contributed by atoms with Crippen LogP contribution in [0.3, 0.4) is 0 Å². The number of nitrogens with one attached hydrogen (secondary N) is 1. The summed E-state index contributed by atoms with van der Waals surface area (Å²) in [7, 11) is 0. The second-order valence-electron chi connectivity index (χ2n) is 4.54. The Hall–Kier alpha value is -2.88. The number of hydrogen-bond donors (Lipinski definition) is 1. The van der Waals surface area contributed by atoms with Crippen molar-refractivity contribution in [3.63, 3.8) is 0 Å². The monoisotopic (exact) mass is 279 g/mol. The van der Waals surface area contributed by atoms with Crippen LogP contribution in [-0.2, 0) is 10.2 Å². The first-order valence-corrected chi connectivity index (χ1v) is 6.31. The Kier molecular flexibility index (Phi) is 4.18. The molecule has 0 aliphatic rings. The summed E-state index contributed by atoms with van der Waals surface area (Å²) in [5.74, 6) is 0. The lowest BCUT2D eigenvalue weighted by molar-refractivity contribution is -0.109. The van der Waals surface area contributed by atoms with E-state index in [0.29, 0.717) is 30.0 Å². The SMILES string of the molecule is N=CC(C=O)(c1ccccc1)c1cccc(C=O)c1C=O. The maximum atomic E-state index is 11.8. The number of carbonyl (C=O) groups excluding carboxylic acids is 3. The van der Waals surface area contributed by atoms with Gasteiger partial charge in [0.2, 0.25) is 0 Å². The van der Waals surface area contributed by atoms with Gasteiger partial charge in [0.05, 0.1) is 0 Å². The van der Waals surface area contributed by atoms with Crippen molar-refractivity contribution in [3.8, 4) is 0 Å². The molecule has 21 heavy (non-hydrogen) atoms. The van der Waals surface area contributed by atoms with Crippen molar-refractivity contribution in [2.75, 3.05) is 0 Å². The van der Waals surface area contributed by atoms with E-state index < -0.39 is 5.41 Å². The van der Waals surface area contributed by atoms with Gasteiger partial charge in [-0.1, -0.05) is 48.5 Å². The molecular weight excluding hydrogens is 266 g/mol. The highest BCUT2D eigenvalue weighted by atomic mass is 16.1. The van der Waals surface area contributed by atoms with E-state index in [1.165, 1.54) is 6.07 Å². The van der Waals surface area contributed by atoms with Gasteiger partial charge in [0, 0.05) is 17.3 Å². The zero-order chi connectivity index (χ0) is 15.3. The lowest BCUT2D eigenvalue weighted by Gasteiger charge is -2.26. The van der Waals surface area contributed by atoms with Crippen LogP contribution in [0, 0.1) is 5.41 Å². The minimum atomic E-state index is -1.38. The molecule has 0 bridgehead atoms. The molecule has 0 aliphatic heterocycles. The highest BCUT2D eigenvalue weighted by molar-refractivity contribution is 6.02. The molecule has 0 radical (unpaired) electrons. The zero-order valence-electron chi connectivity index (χ0n) is 11.2. The Balaban J connectivity index is 2.81. The predicted octanol–water partition coefficient (Wildman–Crippen LogP) is 2.45. The third-order valence-corrected chi connectivity index (χ3v) is 3.50. The molecule has 0 fully saturated rings. The molecule has 2 rings (SSSR count). The smallest absolute Gasteiger partial charge is 0.151 e. The van der Waals surface area contributed by atoms with Gasteiger partial charge in [0.25, 0.3) is 0 Å². The molecule has 1 unspecified atom stereocenters. The highest BCUT2D eigenvalue weighted by Crippen LogP contribution is 2.31. The number of benzene rings is 2. The van der Waals surface area contributed by atoms with Gasteiger partial charge in [-0.25, -0.2) is 0 Å². The van der Waals surface area contributed by atoms with E-state index in [2.05, 4.69) is 0 Å². The van der Waals surface area contributed by atoms with Gasteiger partial charge in [-0.3, -0.25) is 9.59 Å². The van der Waals surface area contributed by atoms with Crippen molar-refractivity contribution in [1.82, 2.24) is 0 Å². The summed E-state index contributed by atoms with van der Waals surface area (Å²) in [6.07, 6.45) is 2.72. The molecule has 0 aromatic heterocycles. The van der Waals surface area contributed by atoms with Crippen LogP contribution in [0.4, 0.5) is 0 Å². The summed E-state index contributed by atoms with van der Waals surface area (Å²) in [5.41, 5.74) is -0.144. The summed E-state index contributed by atoms with van der Waals surface area (Å²) in [6.45, 7) is 0. The van der Waals surface area contributed by atoms with Crippen molar-refractivity contribution in [3.05, 3.63) is 70.8 Å². The van der Waals surface area contributed by atoms with Gasteiger partial charge in [0.15, 0.2) is 12.6 Å². The van der Waals surface area contributed by atoms with E-state index in [-0.39, 0.29) is 11.1 Å². The maximum Gasteiger partial charge on any atom is 0.151 e. The van der Waals surface area contributed by atoms with Gasteiger partial charge >= 0.3 is 0 Å². The molecule has 2 aromatic carbocycles. The number of hydrogen-bond acceptors (Lipinski definition) is 4. The number of aldehydes is 3. The normalized spacial score (nSPS) is 13.0. The van der Waals surface area contributed by atoms with Crippen LogP contribution in [0.25, 0.3) is 0 Å². The molecule has 104 valence electrons. The molecule has 4 nitrogen and oxygen atoms in total. The Bertz CT molecular complexity index is 684. The van der Waals surface area contributed by atoms with Crippen molar-refractivity contribution >= 4 is 25.1 Å². The minimum Gasteiger partial charge on any atom is -0.311 e. The Morgan fingerprint density at radius 1 is 0.857 bits per heavy atom. The van der Waals surface area contributed by atoms with Crippen molar-refractivity contribution < 1.29 is 14.4 Å². The van der Waals surface area contributed by atoms with Gasteiger partial charge in [-0.2, -0.15) is 0 Å². The first kappa shape index (κ1) is 14.5. The van der Waals surface area contributed by atoms with E-state index in [0.717, 1.165) is 6.21 Å². The fraction of sp³-hybridized carbons (Fsp3) is 0.0588. The largest absolute Gasteiger partial charge is 0.311 e. The van der Waals surface area contributed by atoms with E-state index in [1.54, 1.807) is 42.5 Å². The number of rotatable bonds is 6. The number of carbonyl (C=O) groups is 3. The lowest BCUT2D eigenvalue weighted by Crippen LogP contribution is -2.32. The molecule has 1 atom stereocenters. The van der Waals surface area contributed by atoms with E-state index in [1.807, 2.05) is 0 Å². The predicted molar refractivity (Wildman–Crippen MR) is 79.3 cm³/mol. The first-order chi connectivity index (χ1) is 10.2. The van der Waals surface area contributed by atoms with Crippen LogP contribution in [0.1, 0.15) is 31.8 Å². The molecular formula is C17H13NO3. The fourth-order valence-electron chi connectivity index (χ4n) is 2.37. The van der Waals surface area contributed by atoms with Crippen LogP contribution >= 0.6 is 0 Å². The van der Waals surface area contributed by atoms with Gasteiger partial charge in [-0.15, -0.1) is 0 Å². The van der Waals surface area contributed by atoms with Crippen molar-refractivity contribution in [1.29, 1.82) is 5.41 Å². The summed E-state index contributed by atoms with van der Waals surface area (Å²) >= 11 is 0. The maximum absolute atomic E-state index is 11.8. The van der Waals surface area contributed by atoms with Crippen molar-refractivity contribution in [2.45, 2.75) is 5.41 Å². The zero-order valence-corrected chi connectivity index (χ0v) is 11.2. The van der Waals surface area contributed by atoms with Crippen LogP contribution in [0.15, 0.2) is 48.5 Å². The quantitative estimate of drug-likeness (QED) is 0.652. The minimum absolute atomic E-state index is 0.131. The van der Waals surface area contributed by atoms with Crippen molar-refractivity contribution in [2.24, 2.45) is 0 Å². The fourth-order valence-corrected chi connectivity index (χ4v) is 2.37. The second-order valence-corrected chi connectivity index (χ2v) is 4.54. The Morgan fingerprint density at radius 2 is 1.57 bits per heavy atom. The second kappa shape index (κ2) is 6.05. The molecule has 4 heteroatoms. The van der Waals surface area contributed by atoms with Crippen LogP contribution < -0.4 is 0 Å². The van der Waals surface area contributed by atoms with Crippen LogP contribution in [0.2, 0.25) is 0 Å². The average molecular weight is 279 g/mol. The first-order valence-electron chi connectivity index (χ1n) is 6.31. The van der Waals surface area contributed by atoms with Gasteiger partial charge in [0.1, 0.15) is 11.7 Å². The molecule has 2 aromatic rings. The molecule has 0 aliphatic carbocycles. The van der Waals surface area contributed by atoms with Gasteiger partial charge in [-0.05, 0) is 11.1 Å². The van der Waals surface area contributed by atoms with Gasteiger partial charge < -0.3 is 10.2 Å². The Morgan fingerprint density at radius 3 is 2.10 bits per heavy atom.